The lowest BCUT2D eigenvalue weighted by molar-refractivity contribution is 0.0907. The molecule has 140 valence electrons. The molecule has 0 aromatic carbocycles. The van der Waals surface area contributed by atoms with Crippen molar-refractivity contribution in [2.75, 3.05) is 12.9 Å². The van der Waals surface area contributed by atoms with Gasteiger partial charge in [-0.05, 0) is 37.7 Å². The summed E-state index contributed by atoms with van der Waals surface area (Å²) in [5, 5.41) is 2.80. The monoisotopic (exact) mass is 396 g/mol. The molecule has 1 amide bonds. The van der Waals surface area contributed by atoms with Crippen molar-refractivity contribution in [1.82, 2.24) is 10.3 Å². The lowest BCUT2D eigenvalue weighted by Crippen LogP contribution is -2.39. The highest BCUT2D eigenvalue weighted by Crippen LogP contribution is 2.27. The molecule has 0 spiro atoms. The normalized spacial score (nSPS) is 21.3. The average Bonchev–Trinajstić information content (AvgIpc) is 2.56. The van der Waals surface area contributed by atoms with Crippen molar-refractivity contribution in [1.29, 1.82) is 0 Å². The second kappa shape index (κ2) is 8.37. The molecule has 0 bridgehead atoms. The molecule has 1 aromatic rings. The van der Waals surface area contributed by atoms with Crippen LogP contribution >= 0.6 is 11.6 Å². The molecule has 1 aromatic heterocycles. The van der Waals surface area contributed by atoms with Gasteiger partial charge in [0, 0.05) is 12.2 Å². The third-order valence-corrected chi connectivity index (χ3v) is 5.81. The molecule has 1 fully saturated rings. The Kier molecular flexibility index (Phi) is 6.70. The van der Waals surface area contributed by atoms with Gasteiger partial charge in [0.15, 0.2) is 0 Å². The standard InChI is InChI=1S/C15H19ClF2N2O4S/c1-24-25(22,23)8-9-2-4-11(5-3-9)20-15(21)12-6-10(16)7-19-13(12)14(17)18/h6-7,9,11,14H,2-5,8H2,1H3,(H,20,21)/t9-,11-. The van der Waals surface area contributed by atoms with Gasteiger partial charge in [-0.15, -0.1) is 0 Å². The zero-order valence-electron chi connectivity index (χ0n) is 13.5. The fraction of sp³-hybridized carbons (Fsp3) is 0.600. The van der Waals surface area contributed by atoms with Gasteiger partial charge in [0.25, 0.3) is 22.5 Å². The van der Waals surface area contributed by atoms with Gasteiger partial charge in [-0.3, -0.25) is 14.0 Å². The maximum absolute atomic E-state index is 13.0. The maximum Gasteiger partial charge on any atom is 0.281 e. The molecule has 1 heterocycles. The van der Waals surface area contributed by atoms with Crippen molar-refractivity contribution in [3.63, 3.8) is 0 Å². The number of pyridine rings is 1. The Labute approximate surface area is 150 Å². The van der Waals surface area contributed by atoms with Crippen LogP contribution in [0.1, 0.15) is 48.2 Å². The zero-order chi connectivity index (χ0) is 18.6. The predicted molar refractivity (Wildman–Crippen MR) is 88.2 cm³/mol. The fourth-order valence-electron chi connectivity index (χ4n) is 2.90. The SMILES string of the molecule is COS(=O)(=O)C[C@H]1CC[C@H](NC(=O)c2cc(Cl)cnc2C(F)F)CC1. The van der Waals surface area contributed by atoms with Crippen LogP contribution < -0.4 is 5.32 Å². The number of aromatic nitrogens is 1. The third-order valence-electron chi connectivity index (χ3n) is 4.21. The Balaban J connectivity index is 1.96. The minimum absolute atomic E-state index is 0.0393. The van der Waals surface area contributed by atoms with Gasteiger partial charge in [0.05, 0.1) is 23.4 Å². The lowest BCUT2D eigenvalue weighted by Gasteiger charge is -2.28. The number of amides is 1. The molecule has 1 aliphatic rings. The molecule has 25 heavy (non-hydrogen) atoms. The number of carbonyl (C=O) groups excluding carboxylic acids is 1. The van der Waals surface area contributed by atoms with Crippen molar-refractivity contribution in [2.24, 2.45) is 5.92 Å². The van der Waals surface area contributed by atoms with Crippen molar-refractivity contribution in [3.05, 3.63) is 28.5 Å². The van der Waals surface area contributed by atoms with Crippen LogP contribution in [0.3, 0.4) is 0 Å². The molecule has 1 saturated carbocycles. The molecule has 0 aliphatic heterocycles. The molecule has 0 saturated heterocycles. The van der Waals surface area contributed by atoms with E-state index in [2.05, 4.69) is 14.5 Å². The minimum atomic E-state index is -3.52. The summed E-state index contributed by atoms with van der Waals surface area (Å²) in [4.78, 5) is 15.8. The van der Waals surface area contributed by atoms with E-state index in [0.29, 0.717) is 25.7 Å². The first kappa shape index (κ1) is 20.0. The van der Waals surface area contributed by atoms with Gasteiger partial charge in [-0.2, -0.15) is 8.42 Å². The number of hydrogen-bond donors (Lipinski definition) is 1. The summed E-state index contributed by atoms with van der Waals surface area (Å²) in [6.45, 7) is 0. The van der Waals surface area contributed by atoms with E-state index in [1.54, 1.807) is 0 Å². The van der Waals surface area contributed by atoms with Crippen LogP contribution in [0.4, 0.5) is 8.78 Å². The van der Waals surface area contributed by atoms with Gasteiger partial charge in [-0.25, -0.2) is 8.78 Å². The highest BCUT2D eigenvalue weighted by atomic mass is 35.5. The van der Waals surface area contributed by atoms with E-state index >= 15 is 0 Å². The second-order valence-corrected chi connectivity index (χ2v) is 8.19. The van der Waals surface area contributed by atoms with Crippen LogP contribution in [0.25, 0.3) is 0 Å². The van der Waals surface area contributed by atoms with Crippen LogP contribution in [0.15, 0.2) is 12.3 Å². The topological polar surface area (TPSA) is 85.4 Å². The number of rotatable bonds is 6. The largest absolute Gasteiger partial charge is 0.349 e. The van der Waals surface area contributed by atoms with Crippen LogP contribution in [-0.2, 0) is 14.3 Å². The molecule has 6 nitrogen and oxygen atoms in total. The van der Waals surface area contributed by atoms with Crippen LogP contribution in [0.2, 0.25) is 5.02 Å². The Bertz CT molecular complexity index is 722. The summed E-state index contributed by atoms with van der Waals surface area (Å²) < 4.78 is 53.3. The number of nitrogens with one attached hydrogen (secondary N) is 1. The van der Waals surface area contributed by atoms with E-state index in [9.17, 15) is 22.0 Å². The minimum Gasteiger partial charge on any atom is -0.349 e. The zero-order valence-corrected chi connectivity index (χ0v) is 15.1. The van der Waals surface area contributed by atoms with E-state index in [1.807, 2.05) is 0 Å². The maximum atomic E-state index is 13.0. The summed E-state index contributed by atoms with van der Waals surface area (Å²) >= 11 is 5.75. The molecule has 1 aliphatic carbocycles. The van der Waals surface area contributed by atoms with Crippen LogP contribution in [-0.4, -0.2) is 38.2 Å². The Morgan fingerprint density at radius 3 is 2.60 bits per heavy atom. The first-order valence-corrected chi connectivity index (χ1v) is 9.70. The molecule has 0 unspecified atom stereocenters. The van der Waals surface area contributed by atoms with E-state index < -0.39 is 28.1 Å². The Morgan fingerprint density at radius 1 is 1.40 bits per heavy atom. The van der Waals surface area contributed by atoms with Gasteiger partial charge in [-0.1, -0.05) is 11.6 Å². The molecule has 1 N–H and O–H groups in total. The van der Waals surface area contributed by atoms with Crippen molar-refractivity contribution in [3.8, 4) is 0 Å². The summed E-state index contributed by atoms with van der Waals surface area (Å²) in [5.74, 6) is -0.751. The van der Waals surface area contributed by atoms with E-state index in [0.717, 1.165) is 13.3 Å². The average molecular weight is 397 g/mol. The summed E-state index contributed by atoms with van der Waals surface area (Å²) in [6, 6.07) is 0.959. The van der Waals surface area contributed by atoms with Gasteiger partial charge in [0.2, 0.25) is 0 Å². The van der Waals surface area contributed by atoms with E-state index in [-0.39, 0.29) is 28.3 Å². The summed E-state index contributed by atoms with van der Waals surface area (Å²) in [7, 11) is -2.39. The van der Waals surface area contributed by atoms with Crippen molar-refractivity contribution in [2.45, 2.75) is 38.2 Å². The molecular formula is C15H19ClF2N2O4S. The molecule has 10 heteroatoms. The Hall–Kier alpha value is -1.32. The fourth-order valence-corrected chi connectivity index (χ4v) is 4.10. The highest BCUT2D eigenvalue weighted by Gasteiger charge is 2.28. The third kappa shape index (κ3) is 5.58. The molecule has 0 atom stereocenters. The number of alkyl halides is 2. The second-order valence-electron chi connectivity index (χ2n) is 5.97. The summed E-state index contributed by atoms with van der Waals surface area (Å²) in [5.41, 5.74) is -0.853. The van der Waals surface area contributed by atoms with E-state index in [4.69, 9.17) is 11.6 Å². The van der Waals surface area contributed by atoms with Gasteiger partial charge in [0.1, 0.15) is 5.69 Å². The van der Waals surface area contributed by atoms with Gasteiger partial charge < -0.3 is 5.32 Å². The smallest absolute Gasteiger partial charge is 0.281 e. The number of halogens is 3. The first-order chi connectivity index (χ1) is 11.7. The lowest BCUT2D eigenvalue weighted by atomic mass is 9.87. The summed E-state index contributed by atoms with van der Waals surface area (Å²) in [6.07, 6.45) is 0.516. The highest BCUT2D eigenvalue weighted by molar-refractivity contribution is 7.86. The first-order valence-electron chi connectivity index (χ1n) is 7.74. The Morgan fingerprint density at radius 2 is 2.04 bits per heavy atom. The van der Waals surface area contributed by atoms with Gasteiger partial charge >= 0.3 is 0 Å². The van der Waals surface area contributed by atoms with Crippen molar-refractivity contribution >= 4 is 27.6 Å². The predicted octanol–water partition coefficient (Wildman–Crippen LogP) is 2.94. The number of hydrogen-bond acceptors (Lipinski definition) is 5. The van der Waals surface area contributed by atoms with Crippen LogP contribution in [0, 0.1) is 5.92 Å². The van der Waals surface area contributed by atoms with E-state index in [1.165, 1.54) is 6.07 Å². The number of nitrogens with zero attached hydrogens (tertiary/aromatic N) is 1. The quantitative estimate of drug-likeness (QED) is 0.747. The van der Waals surface area contributed by atoms with Crippen LogP contribution in [0.5, 0.6) is 0 Å². The van der Waals surface area contributed by atoms with Crippen molar-refractivity contribution < 1.29 is 26.2 Å². The number of carbonyl (C=O) groups is 1. The molecular weight excluding hydrogens is 378 g/mol. The molecule has 2 rings (SSSR count). The molecule has 0 radical (unpaired) electrons.